The zero-order valence-electron chi connectivity index (χ0n) is 17.6. The first kappa shape index (κ1) is 20.9. The Morgan fingerprint density at radius 3 is 2.93 bits per heavy atom. The Morgan fingerprint density at radius 1 is 1.47 bits per heavy atom. The molecule has 30 heavy (non-hydrogen) atoms. The van der Waals surface area contributed by atoms with E-state index >= 15 is 0 Å². The molecule has 3 heterocycles. The minimum Gasteiger partial charge on any atom is -0.390 e. The fourth-order valence-electron chi connectivity index (χ4n) is 4.43. The number of ketones is 1. The molecule has 7 nitrogen and oxygen atoms in total. The molecule has 2 aromatic rings. The van der Waals surface area contributed by atoms with Gasteiger partial charge in [-0.1, -0.05) is 6.92 Å². The average molecular weight is 416 g/mol. The third kappa shape index (κ3) is 4.25. The number of ether oxygens (including phenoxy) is 1. The maximum atomic E-state index is 14.4. The van der Waals surface area contributed by atoms with Crippen molar-refractivity contribution >= 4 is 11.6 Å². The van der Waals surface area contributed by atoms with Crippen LogP contribution in [0.1, 0.15) is 56.0 Å². The number of aliphatic hydroxyl groups excluding tert-OH is 1. The second-order valence-electron chi connectivity index (χ2n) is 9.15. The van der Waals surface area contributed by atoms with Gasteiger partial charge in [0.15, 0.2) is 5.78 Å². The van der Waals surface area contributed by atoms with Crippen LogP contribution in [0.5, 0.6) is 0 Å². The van der Waals surface area contributed by atoms with Gasteiger partial charge >= 0.3 is 0 Å². The van der Waals surface area contributed by atoms with Gasteiger partial charge in [0.05, 0.1) is 29.4 Å². The lowest BCUT2D eigenvalue weighted by atomic mass is 10.1. The topological polar surface area (TPSA) is 89.3 Å². The number of aromatic nitrogens is 3. The highest BCUT2D eigenvalue weighted by Gasteiger charge is 2.41. The van der Waals surface area contributed by atoms with Gasteiger partial charge in [-0.15, -0.1) is 0 Å². The fraction of sp³-hybridized carbons (Fsp3) is 0.591. The lowest BCUT2D eigenvalue weighted by Crippen LogP contribution is -2.32. The number of alkyl halides is 1. The van der Waals surface area contributed by atoms with E-state index in [1.807, 2.05) is 17.7 Å². The van der Waals surface area contributed by atoms with Gasteiger partial charge in [0.1, 0.15) is 18.3 Å². The van der Waals surface area contributed by atoms with Crippen LogP contribution in [0.3, 0.4) is 0 Å². The molecular weight excluding hydrogens is 387 g/mol. The summed E-state index contributed by atoms with van der Waals surface area (Å²) in [6.45, 7) is 6.68. The third-order valence-corrected chi connectivity index (χ3v) is 6.18. The summed E-state index contributed by atoms with van der Waals surface area (Å²) in [4.78, 5) is 21.2. The molecule has 1 aliphatic heterocycles. The molecular formula is C22H29FN4O3. The SMILES string of the molecule is C[C@@H]1C[C@@H](Nc2ncncc2C(=O)c2ccn(C[C@@H]3CCC(C)(C)O3)c2)[C@@H](F)[C@@H]1O. The van der Waals surface area contributed by atoms with Crippen molar-refractivity contribution in [2.45, 2.75) is 76.6 Å². The number of hydrogen-bond donors (Lipinski definition) is 2. The van der Waals surface area contributed by atoms with Crippen LogP contribution in [-0.2, 0) is 11.3 Å². The molecule has 2 fully saturated rings. The minimum absolute atomic E-state index is 0.0992. The molecule has 162 valence electrons. The van der Waals surface area contributed by atoms with Gasteiger partial charge in [-0.05, 0) is 45.1 Å². The molecule has 2 aromatic heterocycles. The monoisotopic (exact) mass is 416 g/mol. The highest BCUT2D eigenvalue weighted by Crippen LogP contribution is 2.32. The lowest BCUT2D eigenvalue weighted by Gasteiger charge is -2.19. The van der Waals surface area contributed by atoms with Crippen LogP contribution in [0.25, 0.3) is 0 Å². The van der Waals surface area contributed by atoms with Crippen LogP contribution in [0.4, 0.5) is 10.2 Å². The molecule has 5 atom stereocenters. The fourth-order valence-corrected chi connectivity index (χ4v) is 4.43. The van der Waals surface area contributed by atoms with E-state index in [1.54, 1.807) is 12.3 Å². The highest BCUT2D eigenvalue weighted by molar-refractivity contribution is 6.11. The molecule has 0 unspecified atom stereocenters. The Labute approximate surface area is 175 Å². The van der Waals surface area contributed by atoms with Crippen molar-refractivity contribution in [3.63, 3.8) is 0 Å². The lowest BCUT2D eigenvalue weighted by molar-refractivity contribution is -0.0216. The summed E-state index contributed by atoms with van der Waals surface area (Å²) in [5.41, 5.74) is 0.703. The predicted octanol–water partition coefficient (Wildman–Crippen LogP) is 2.99. The van der Waals surface area contributed by atoms with Gasteiger partial charge in [-0.25, -0.2) is 14.4 Å². The van der Waals surface area contributed by atoms with E-state index in [-0.39, 0.29) is 34.8 Å². The molecule has 2 aliphatic rings. The number of carbonyl (C=O) groups is 1. The van der Waals surface area contributed by atoms with E-state index in [0.717, 1.165) is 12.8 Å². The Hall–Kier alpha value is -2.32. The Kier molecular flexibility index (Phi) is 5.63. The zero-order valence-corrected chi connectivity index (χ0v) is 17.6. The molecule has 0 spiro atoms. The third-order valence-electron chi connectivity index (χ3n) is 6.18. The first-order valence-corrected chi connectivity index (χ1v) is 10.5. The Bertz CT molecular complexity index is 915. The van der Waals surface area contributed by atoms with Gasteiger partial charge in [-0.3, -0.25) is 4.79 Å². The van der Waals surface area contributed by atoms with Crippen LogP contribution in [-0.4, -0.2) is 55.4 Å². The summed E-state index contributed by atoms with van der Waals surface area (Å²) in [5, 5.41) is 12.9. The molecule has 0 bridgehead atoms. The van der Waals surface area contributed by atoms with Crippen LogP contribution >= 0.6 is 0 Å². The molecule has 0 aromatic carbocycles. The summed E-state index contributed by atoms with van der Waals surface area (Å²) in [6.07, 6.45) is 6.62. The molecule has 1 aliphatic carbocycles. The van der Waals surface area contributed by atoms with E-state index < -0.39 is 18.3 Å². The number of rotatable bonds is 6. The molecule has 0 radical (unpaired) electrons. The zero-order chi connectivity index (χ0) is 21.5. The number of nitrogens with zero attached hydrogens (tertiary/aromatic N) is 3. The van der Waals surface area contributed by atoms with Crippen molar-refractivity contribution < 1.29 is 19.0 Å². The molecule has 1 saturated carbocycles. The number of anilines is 1. The number of nitrogens with one attached hydrogen (secondary N) is 1. The number of carbonyl (C=O) groups excluding carboxylic acids is 1. The summed E-state index contributed by atoms with van der Waals surface area (Å²) in [5.74, 6) is -0.0978. The minimum atomic E-state index is -1.41. The number of aliphatic hydroxyl groups is 1. The van der Waals surface area contributed by atoms with Crippen molar-refractivity contribution in [1.29, 1.82) is 0 Å². The van der Waals surface area contributed by atoms with Crippen molar-refractivity contribution in [1.82, 2.24) is 14.5 Å². The largest absolute Gasteiger partial charge is 0.390 e. The van der Waals surface area contributed by atoms with Crippen molar-refractivity contribution in [3.05, 3.63) is 42.1 Å². The van der Waals surface area contributed by atoms with Gasteiger partial charge in [0.25, 0.3) is 0 Å². The second kappa shape index (κ2) is 8.07. The second-order valence-corrected chi connectivity index (χ2v) is 9.15. The molecule has 1 saturated heterocycles. The van der Waals surface area contributed by atoms with Gasteiger partial charge in [0, 0.05) is 30.7 Å². The molecule has 8 heteroatoms. The maximum absolute atomic E-state index is 14.4. The summed E-state index contributed by atoms with van der Waals surface area (Å²) in [6, 6.07) is 1.17. The van der Waals surface area contributed by atoms with Crippen LogP contribution < -0.4 is 5.32 Å². The molecule has 2 N–H and O–H groups in total. The smallest absolute Gasteiger partial charge is 0.199 e. The predicted molar refractivity (Wildman–Crippen MR) is 110 cm³/mol. The summed E-state index contributed by atoms with van der Waals surface area (Å²) in [7, 11) is 0. The quantitative estimate of drug-likeness (QED) is 0.704. The average Bonchev–Trinajstić information content (AvgIpc) is 3.37. The Balaban J connectivity index is 1.47. The number of hydrogen-bond acceptors (Lipinski definition) is 6. The summed E-state index contributed by atoms with van der Waals surface area (Å²) < 4.78 is 22.4. The molecule has 0 amide bonds. The van der Waals surface area contributed by atoms with Crippen LogP contribution in [0.2, 0.25) is 0 Å². The van der Waals surface area contributed by atoms with E-state index in [2.05, 4.69) is 29.1 Å². The van der Waals surface area contributed by atoms with Gasteiger partial charge in [0.2, 0.25) is 0 Å². The van der Waals surface area contributed by atoms with Gasteiger partial charge in [-0.2, -0.15) is 0 Å². The normalized spacial score (nSPS) is 30.5. The van der Waals surface area contributed by atoms with Gasteiger partial charge < -0.3 is 19.7 Å². The number of halogens is 1. The van der Waals surface area contributed by atoms with Crippen molar-refractivity contribution in [2.75, 3.05) is 5.32 Å². The highest BCUT2D eigenvalue weighted by atomic mass is 19.1. The van der Waals surface area contributed by atoms with E-state index in [4.69, 9.17) is 4.74 Å². The van der Waals surface area contributed by atoms with E-state index in [0.29, 0.717) is 18.5 Å². The molecule has 4 rings (SSSR count). The van der Waals surface area contributed by atoms with Crippen LogP contribution in [0.15, 0.2) is 31.0 Å². The first-order chi connectivity index (χ1) is 14.2. The van der Waals surface area contributed by atoms with E-state index in [1.165, 1.54) is 12.5 Å². The summed E-state index contributed by atoms with van der Waals surface area (Å²) >= 11 is 0. The van der Waals surface area contributed by atoms with Crippen molar-refractivity contribution in [2.24, 2.45) is 5.92 Å². The van der Waals surface area contributed by atoms with E-state index in [9.17, 15) is 14.3 Å². The maximum Gasteiger partial charge on any atom is 0.199 e. The van der Waals surface area contributed by atoms with Crippen molar-refractivity contribution in [3.8, 4) is 0 Å². The Morgan fingerprint density at radius 2 is 2.27 bits per heavy atom. The standard InChI is InChI=1S/C22H29FN4O3/c1-13-8-17(18(23)19(13)28)26-21-16(9-24-12-25-21)20(29)14-5-7-27(10-14)11-15-4-6-22(2,3)30-15/h5,7,9-10,12-13,15,17-19,28H,4,6,8,11H2,1-3H3,(H,24,25,26)/t13-,15+,17-,18-,19-/m1/s1. The van der Waals surface area contributed by atoms with Crippen LogP contribution in [0, 0.1) is 5.92 Å². The first-order valence-electron chi connectivity index (χ1n) is 10.5.